The highest BCUT2D eigenvalue weighted by atomic mass is 35.5. The lowest BCUT2D eigenvalue weighted by molar-refractivity contribution is -0.123. The number of rotatable bonds is 9. The summed E-state index contributed by atoms with van der Waals surface area (Å²) in [5.41, 5.74) is 6.52. The molecule has 0 bridgehead atoms. The number of benzene rings is 2. The second kappa shape index (κ2) is 11.0. The number of carbonyl (C=O) groups excluding carboxylic acids is 3. The summed E-state index contributed by atoms with van der Waals surface area (Å²) < 4.78 is 5.97. The van der Waals surface area contributed by atoms with Crippen molar-refractivity contribution in [2.24, 2.45) is 11.7 Å². The van der Waals surface area contributed by atoms with Crippen LogP contribution in [0.5, 0.6) is 5.75 Å². The number of hydrogen-bond donors (Lipinski definition) is 2. The van der Waals surface area contributed by atoms with Crippen molar-refractivity contribution in [2.45, 2.75) is 44.6 Å². The number of carbonyl (C=O) groups is 3. The summed E-state index contributed by atoms with van der Waals surface area (Å²) in [6.45, 7) is 0.419. The summed E-state index contributed by atoms with van der Waals surface area (Å²) >= 11 is 5.82. The fraction of sp³-hybridized carbons (Fsp3) is 0.375. The van der Waals surface area contributed by atoms with Crippen LogP contribution in [0, 0.1) is 5.92 Å². The van der Waals surface area contributed by atoms with Crippen LogP contribution >= 0.6 is 11.6 Å². The molecule has 0 unspecified atom stereocenters. The Kier molecular flexibility index (Phi) is 8.06. The minimum Gasteiger partial charge on any atom is -0.490 e. The Bertz CT molecular complexity index is 904. The highest BCUT2D eigenvalue weighted by Crippen LogP contribution is 2.27. The molecule has 0 aliphatic heterocycles. The van der Waals surface area contributed by atoms with E-state index in [4.69, 9.17) is 22.1 Å². The first-order chi connectivity index (χ1) is 14.9. The van der Waals surface area contributed by atoms with Crippen molar-refractivity contribution in [3.8, 4) is 5.75 Å². The minimum atomic E-state index is -0.231. The Morgan fingerprint density at radius 1 is 0.935 bits per heavy atom. The van der Waals surface area contributed by atoms with Crippen molar-refractivity contribution in [1.82, 2.24) is 5.32 Å². The van der Waals surface area contributed by atoms with Gasteiger partial charge in [0.15, 0.2) is 5.78 Å². The van der Waals surface area contributed by atoms with Gasteiger partial charge >= 0.3 is 0 Å². The van der Waals surface area contributed by atoms with Gasteiger partial charge in [0.1, 0.15) is 5.75 Å². The second-order valence-corrected chi connectivity index (χ2v) is 8.24. The molecule has 0 radical (unpaired) electrons. The van der Waals surface area contributed by atoms with E-state index in [2.05, 4.69) is 5.32 Å². The monoisotopic (exact) mass is 442 g/mol. The zero-order chi connectivity index (χ0) is 22.2. The van der Waals surface area contributed by atoms with Gasteiger partial charge in [-0.3, -0.25) is 14.4 Å². The molecular formula is C24H27ClN2O4. The lowest BCUT2D eigenvalue weighted by Gasteiger charge is -2.27. The van der Waals surface area contributed by atoms with E-state index >= 15 is 0 Å². The van der Waals surface area contributed by atoms with E-state index in [1.54, 1.807) is 48.5 Å². The van der Waals surface area contributed by atoms with Gasteiger partial charge in [-0.2, -0.15) is 0 Å². The van der Waals surface area contributed by atoms with Gasteiger partial charge in [0, 0.05) is 35.0 Å². The molecule has 2 aromatic rings. The van der Waals surface area contributed by atoms with Gasteiger partial charge in [0.2, 0.25) is 5.91 Å². The van der Waals surface area contributed by atoms with Crippen LogP contribution in [0.1, 0.15) is 59.2 Å². The summed E-state index contributed by atoms with van der Waals surface area (Å²) in [5.74, 6) is 0.278. The zero-order valence-corrected chi connectivity index (χ0v) is 18.1. The maximum Gasteiger partial charge on any atom is 0.251 e. The molecule has 1 aliphatic rings. The Morgan fingerprint density at radius 2 is 1.55 bits per heavy atom. The SMILES string of the molecule is NC(=O)C1CCC(Oc2ccc(C(=O)CCCNC(=O)c3ccc(Cl)cc3)cc2)CC1. The molecule has 2 aromatic carbocycles. The van der Waals surface area contributed by atoms with Gasteiger partial charge in [-0.25, -0.2) is 0 Å². The topological polar surface area (TPSA) is 98.5 Å². The van der Waals surface area contributed by atoms with Crippen molar-refractivity contribution in [3.63, 3.8) is 0 Å². The third-order valence-electron chi connectivity index (χ3n) is 5.53. The zero-order valence-electron chi connectivity index (χ0n) is 17.3. The molecule has 3 N–H and O–H groups in total. The van der Waals surface area contributed by atoms with E-state index < -0.39 is 0 Å². The van der Waals surface area contributed by atoms with E-state index in [-0.39, 0.29) is 29.6 Å². The largest absolute Gasteiger partial charge is 0.490 e. The summed E-state index contributed by atoms with van der Waals surface area (Å²) in [4.78, 5) is 35.7. The van der Waals surface area contributed by atoms with Gasteiger partial charge < -0.3 is 15.8 Å². The molecule has 0 saturated heterocycles. The maximum absolute atomic E-state index is 12.4. The van der Waals surface area contributed by atoms with Crippen LogP contribution in [0.4, 0.5) is 0 Å². The van der Waals surface area contributed by atoms with Crippen LogP contribution in [0.3, 0.4) is 0 Å². The number of amides is 2. The Morgan fingerprint density at radius 3 is 2.16 bits per heavy atom. The number of hydrogen-bond acceptors (Lipinski definition) is 4. The molecule has 1 aliphatic carbocycles. The van der Waals surface area contributed by atoms with Gasteiger partial charge in [-0.05, 0) is 80.6 Å². The molecule has 2 amide bonds. The fourth-order valence-corrected chi connectivity index (χ4v) is 3.80. The third kappa shape index (κ3) is 6.82. The number of Topliss-reactive ketones (excluding diaryl/α,β-unsaturated/α-hetero) is 1. The molecule has 3 rings (SSSR count). The third-order valence-corrected chi connectivity index (χ3v) is 5.78. The molecule has 0 heterocycles. The molecule has 1 fully saturated rings. The number of nitrogens with one attached hydrogen (secondary N) is 1. The van der Waals surface area contributed by atoms with Gasteiger partial charge in [-0.1, -0.05) is 11.6 Å². The van der Waals surface area contributed by atoms with Gasteiger partial charge in [-0.15, -0.1) is 0 Å². The van der Waals surface area contributed by atoms with Crippen LogP contribution < -0.4 is 15.8 Å². The minimum absolute atomic E-state index is 0.0225. The van der Waals surface area contributed by atoms with Crippen LogP contribution in [0.2, 0.25) is 5.02 Å². The van der Waals surface area contributed by atoms with Crippen LogP contribution in [0.25, 0.3) is 0 Å². The highest BCUT2D eigenvalue weighted by Gasteiger charge is 2.25. The van der Waals surface area contributed by atoms with E-state index in [0.717, 1.165) is 25.7 Å². The van der Waals surface area contributed by atoms with Crippen molar-refractivity contribution in [1.29, 1.82) is 0 Å². The fourth-order valence-electron chi connectivity index (χ4n) is 3.68. The molecule has 7 heteroatoms. The quantitative estimate of drug-likeness (QED) is 0.450. The van der Waals surface area contributed by atoms with Crippen LogP contribution in [-0.4, -0.2) is 30.2 Å². The van der Waals surface area contributed by atoms with Crippen molar-refractivity contribution >= 4 is 29.2 Å². The van der Waals surface area contributed by atoms with E-state index in [0.29, 0.717) is 41.3 Å². The van der Waals surface area contributed by atoms with Gasteiger partial charge in [0.05, 0.1) is 6.10 Å². The Labute approximate surface area is 187 Å². The summed E-state index contributed by atoms with van der Waals surface area (Å²) in [7, 11) is 0. The Balaban J connectivity index is 1.38. The van der Waals surface area contributed by atoms with Crippen molar-refractivity contribution in [2.75, 3.05) is 6.54 Å². The average Bonchev–Trinajstić information content (AvgIpc) is 2.78. The summed E-state index contributed by atoms with van der Waals surface area (Å²) in [6.07, 6.45) is 4.08. The maximum atomic E-state index is 12.4. The second-order valence-electron chi connectivity index (χ2n) is 7.81. The molecule has 0 atom stereocenters. The number of ketones is 1. The predicted octanol–water partition coefficient (Wildman–Crippen LogP) is 4.16. The first-order valence-electron chi connectivity index (χ1n) is 10.6. The molecule has 0 spiro atoms. The van der Waals surface area contributed by atoms with Crippen molar-refractivity contribution in [3.05, 3.63) is 64.7 Å². The number of ether oxygens (including phenoxy) is 1. The molecule has 164 valence electrons. The molecule has 31 heavy (non-hydrogen) atoms. The van der Waals surface area contributed by atoms with Crippen molar-refractivity contribution < 1.29 is 19.1 Å². The van der Waals surface area contributed by atoms with E-state index in [1.807, 2.05) is 0 Å². The number of primary amides is 1. The highest BCUT2D eigenvalue weighted by molar-refractivity contribution is 6.30. The molecular weight excluding hydrogens is 416 g/mol. The van der Waals surface area contributed by atoms with Gasteiger partial charge in [0.25, 0.3) is 5.91 Å². The van der Waals surface area contributed by atoms with Crippen LogP contribution in [-0.2, 0) is 4.79 Å². The smallest absolute Gasteiger partial charge is 0.251 e. The molecule has 6 nitrogen and oxygen atoms in total. The average molecular weight is 443 g/mol. The van der Waals surface area contributed by atoms with E-state index in [1.165, 1.54) is 0 Å². The standard InChI is InChI=1S/C24H27ClN2O4/c25-19-9-3-18(4-10-19)24(30)27-15-1-2-22(28)16-5-11-20(12-6-16)31-21-13-7-17(8-14-21)23(26)29/h3-6,9-12,17,21H,1-2,7-8,13-15H2,(H2,26,29)(H,27,30). The lowest BCUT2D eigenvalue weighted by atomic mass is 9.87. The van der Waals surface area contributed by atoms with E-state index in [9.17, 15) is 14.4 Å². The first-order valence-corrected chi connectivity index (χ1v) is 10.9. The summed E-state index contributed by atoms with van der Waals surface area (Å²) in [6, 6.07) is 13.8. The lowest BCUT2D eigenvalue weighted by Crippen LogP contribution is -2.31. The summed E-state index contributed by atoms with van der Waals surface area (Å²) in [5, 5.41) is 3.38. The Hall–Kier alpha value is -2.86. The first kappa shape index (κ1) is 22.8. The molecule has 1 saturated carbocycles. The predicted molar refractivity (Wildman–Crippen MR) is 119 cm³/mol. The normalized spacial score (nSPS) is 18.2. The van der Waals surface area contributed by atoms with Crippen LogP contribution in [0.15, 0.2) is 48.5 Å². The number of nitrogens with two attached hydrogens (primary N) is 1. The molecule has 0 aromatic heterocycles. The number of halogens is 1.